The molecule has 140 valence electrons. The molecule has 0 bridgehead atoms. The van der Waals surface area contributed by atoms with Crippen LogP contribution in [-0.2, 0) is 14.4 Å². The predicted molar refractivity (Wildman–Crippen MR) is 97.9 cm³/mol. The normalized spacial score (nSPS) is 26.0. The Morgan fingerprint density at radius 2 is 1.65 bits per heavy atom. The van der Waals surface area contributed by atoms with E-state index in [0.29, 0.717) is 38.6 Å². The van der Waals surface area contributed by atoms with E-state index in [4.69, 9.17) is 5.11 Å². The molecule has 26 heavy (non-hydrogen) atoms. The Balaban J connectivity index is 1.59. The number of carbonyl (C=O) groups excluding carboxylic acids is 2. The van der Waals surface area contributed by atoms with Gasteiger partial charge in [-0.05, 0) is 69.2 Å². The highest BCUT2D eigenvalue weighted by Gasteiger charge is 2.38. The van der Waals surface area contributed by atoms with Crippen LogP contribution in [0.4, 0.5) is 5.69 Å². The summed E-state index contributed by atoms with van der Waals surface area (Å²) < 4.78 is 0. The number of hydrogen-bond donors (Lipinski definition) is 2. The first kappa shape index (κ1) is 18.4. The second kappa shape index (κ2) is 7.48. The highest BCUT2D eigenvalue weighted by Crippen LogP contribution is 2.28. The van der Waals surface area contributed by atoms with Crippen LogP contribution in [0, 0.1) is 25.7 Å². The van der Waals surface area contributed by atoms with Crippen LogP contribution in [0.1, 0.15) is 43.2 Å². The summed E-state index contributed by atoms with van der Waals surface area (Å²) in [5, 5.41) is 12.0. The van der Waals surface area contributed by atoms with Crippen LogP contribution in [0.25, 0.3) is 0 Å². The Hall–Kier alpha value is -2.37. The molecule has 1 atom stereocenters. The summed E-state index contributed by atoms with van der Waals surface area (Å²) >= 11 is 0. The zero-order chi connectivity index (χ0) is 18.8. The minimum atomic E-state index is -0.759. The molecule has 1 aromatic carbocycles. The number of hydrogen-bond acceptors (Lipinski definition) is 3. The third-order valence-electron chi connectivity index (χ3n) is 5.46. The predicted octanol–water partition coefficient (Wildman–Crippen LogP) is 2.42. The fourth-order valence-corrected chi connectivity index (χ4v) is 4.07. The van der Waals surface area contributed by atoms with Gasteiger partial charge in [0.2, 0.25) is 11.8 Å². The fourth-order valence-electron chi connectivity index (χ4n) is 4.07. The van der Waals surface area contributed by atoms with Crippen LogP contribution in [0.2, 0.25) is 0 Å². The van der Waals surface area contributed by atoms with E-state index in [-0.39, 0.29) is 23.8 Å². The average molecular weight is 358 g/mol. The topological polar surface area (TPSA) is 86.7 Å². The number of benzene rings is 1. The van der Waals surface area contributed by atoms with Crippen LogP contribution in [-0.4, -0.2) is 35.5 Å². The summed E-state index contributed by atoms with van der Waals surface area (Å²) in [5.74, 6) is -2.08. The molecule has 1 saturated carbocycles. The highest BCUT2D eigenvalue weighted by atomic mass is 16.4. The Labute approximate surface area is 153 Å². The van der Waals surface area contributed by atoms with Gasteiger partial charge in [0.15, 0.2) is 0 Å². The van der Waals surface area contributed by atoms with E-state index < -0.39 is 11.9 Å². The maximum absolute atomic E-state index is 12.7. The van der Waals surface area contributed by atoms with Gasteiger partial charge in [0.05, 0.1) is 5.92 Å². The Morgan fingerprint density at radius 3 is 2.23 bits per heavy atom. The number of anilines is 1. The molecule has 0 spiro atoms. The third-order valence-corrected chi connectivity index (χ3v) is 5.46. The maximum Gasteiger partial charge on any atom is 0.306 e. The molecule has 2 fully saturated rings. The number of nitrogens with one attached hydrogen (secondary N) is 1. The highest BCUT2D eigenvalue weighted by molar-refractivity contribution is 6.09. The lowest BCUT2D eigenvalue weighted by Crippen LogP contribution is -2.43. The van der Waals surface area contributed by atoms with Crippen molar-refractivity contribution in [2.24, 2.45) is 11.8 Å². The summed E-state index contributed by atoms with van der Waals surface area (Å²) in [5.41, 5.74) is 3.04. The van der Waals surface area contributed by atoms with Crippen molar-refractivity contribution in [1.29, 1.82) is 0 Å². The first-order valence-electron chi connectivity index (χ1n) is 9.28. The van der Waals surface area contributed by atoms with E-state index in [1.165, 1.54) is 0 Å². The summed E-state index contributed by atoms with van der Waals surface area (Å²) in [6.07, 6.45) is 2.98. The van der Waals surface area contributed by atoms with E-state index in [2.05, 4.69) is 11.4 Å². The van der Waals surface area contributed by atoms with Gasteiger partial charge in [0.25, 0.3) is 0 Å². The minimum Gasteiger partial charge on any atom is -0.481 e. The zero-order valence-corrected chi connectivity index (χ0v) is 15.3. The molecule has 1 unspecified atom stereocenters. The molecule has 0 aromatic heterocycles. The van der Waals surface area contributed by atoms with Gasteiger partial charge in [-0.15, -0.1) is 0 Å². The van der Waals surface area contributed by atoms with Gasteiger partial charge in [0.1, 0.15) is 5.92 Å². The SMILES string of the molecule is Cc1cc(C)cc(N2CCC(C(=O)NC3CCC(C(=O)O)CC3)C2=O)c1. The molecule has 6 heteroatoms. The fraction of sp³-hybridized carbons (Fsp3) is 0.550. The van der Waals surface area contributed by atoms with E-state index in [9.17, 15) is 14.4 Å². The van der Waals surface area contributed by atoms with E-state index in [0.717, 1.165) is 16.8 Å². The van der Waals surface area contributed by atoms with Crippen LogP contribution in [0.15, 0.2) is 18.2 Å². The number of carboxylic acids is 1. The Bertz CT molecular complexity index is 702. The molecule has 3 rings (SSSR count). The standard InChI is InChI=1S/C20H26N2O4/c1-12-9-13(2)11-16(10-12)22-8-7-17(19(22)24)18(23)21-15-5-3-14(4-6-15)20(25)26/h9-11,14-15,17H,3-8H2,1-2H3,(H,21,23)(H,25,26). The first-order chi connectivity index (χ1) is 12.3. The molecule has 6 nitrogen and oxygen atoms in total. The molecular weight excluding hydrogens is 332 g/mol. The third kappa shape index (κ3) is 3.89. The lowest BCUT2D eigenvalue weighted by atomic mass is 9.86. The van der Waals surface area contributed by atoms with Gasteiger partial charge >= 0.3 is 5.97 Å². The molecule has 1 aromatic rings. The van der Waals surface area contributed by atoms with Gasteiger partial charge in [0, 0.05) is 18.3 Å². The number of aliphatic carboxylic acids is 1. The lowest BCUT2D eigenvalue weighted by Gasteiger charge is -2.27. The van der Waals surface area contributed by atoms with Crippen molar-refractivity contribution < 1.29 is 19.5 Å². The number of nitrogens with zero attached hydrogens (tertiary/aromatic N) is 1. The second-order valence-corrected chi connectivity index (χ2v) is 7.57. The van der Waals surface area contributed by atoms with Crippen molar-refractivity contribution >= 4 is 23.5 Å². The van der Waals surface area contributed by atoms with Crippen molar-refractivity contribution in [3.63, 3.8) is 0 Å². The molecule has 1 heterocycles. The van der Waals surface area contributed by atoms with Gasteiger partial charge in [-0.2, -0.15) is 0 Å². The summed E-state index contributed by atoms with van der Waals surface area (Å²) in [6, 6.07) is 5.97. The molecule has 2 N–H and O–H groups in total. The van der Waals surface area contributed by atoms with E-state index >= 15 is 0 Å². The molecular formula is C20H26N2O4. The van der Waals surface area contributed by atoms with Crippen LogP contribution >= 0.6 is 0 Å². The number of amides is 2. The van der Waals surface area contributed by atoms with Crippen LogP contribution < -0.4 is 10.2 Å². The monoisotopic (exact) mass is 358 g/mol. The summed E-state index contributed by atoms with van der Waals surface area (Å²) in [7, 11) is 0. The molecule has 0 radical (unpaired) electrons. The second-order valence-electron chi connectivity index (χ2n) is 7.57. The molecule has 1 saturated heterocycles. The molecule has 1 aliphatic heterocycles. The Kier molecular flexibility index (Phi) is 5.30. The minimum absolute atomic E-state index is 0.0267. The van der Waals surface area contributed by atoms with E-state index in [1.807, 2.05) is 26.0 Å². The largest absolute Gasteiger partial charge is 0.481 e. The van der Waals surface area contributed by atoms with Crippen molar-refractivity contribution in [1.82, 2.24) is 5.32 Å². The smallest absolute Gasteiger partial charge is 0.306 e. The van der Waals surface area contributed by atoms with Crippen molar-refractivity contribution in [2.75, 3.05) is 11.4 Å². The van der Waals surface area contributed by atoms with Crippen molar-refractivity contribution in [3.05, 3.63) is 29.3 Å². The van der Waals surface area contributed by atoms with Crippen molar-refractivity contribution in [2.45, 2.75) is 52.0 Å². The van der Waals surface area contributed by atoms with Crippen molar-refractivity contribution in [3.8, 4) is 0 Å². The number of carbonyl (C=O) groups is 3. The number of carboxylic acid groups (broad SMARTS) is 1. The average Bonchev–Trinajstić information content (AvgIpc) is 2.96. The summed E-state index contributed by atoms with van der Waals surface area (Å²) in [6.45, 7) is 4.54. The Morgan fingerprint density at radius 1 is 1.04 bits per heavy atom. The van der Waals surface area contributed by atoms with Gasteiger partial charge in [-0.25, -0.2) is 0 Å². The van der Waals surface area contributed by atoms with Gasteiger partial charge in [-0.1, -0.05) is 6.07 Å². The van der Waals surface area contributed by atoms with Gasteiger partial charge in [-0.3, -0.25) is 14.4 Å². The summed E-state index contributed by atoms with van der Waals surface area (Å²) in [4.78, 5) is 38.0. The quantitative estimate of drug-likeness (QED) is 0.809. The first-order valence-corrected chi connectivity index (χ1v) is 9.28. The number of rotatable bonds is 4. The number of aryl methyl sites for hydroxylation is 2. The van der Waals surface area contributed by atoms with Crippen LogP contribution in [0.3, 0.4) is 0 Å². The van der Waals surface area contributed by atoms with E-state index in [1.54, 1.807) is 4.90 Å². The lowest BCUT2D eigenvalue weighted by molar-refractivity contribution is -0.142. The molecule has 1 aliphatic carbocycles. The zero-order valence-electron chi connectivity index (χ0n) is 15.3. The molecule has 2 aliphatic rings. The maximum atomic E-state index is 12.7. The van der Waals surface area contributed by atoms with Gasteiger partial charge < -0.3 is 15.3 Å². The molecule has 2 amide bonds. The van der Waals surface area contributed by atoms with Crippen LogP contribution in [0.5, 0.6) is 0 Å².